The monoisotopic (exact) mass is 402 g/mol. The minimum Gasteiger partial charge on any atom is -0.383 e. The molecule has 29 heavy (non-hydrogen) atoms. The number of alkyl halides is 3. The molecule has 148 valence electrons. The molecule has 0 amide bonds. The molecular formula is C19H14F4N6. The Morgan fingerprint density at radius 2 is 1.72 bits per heavy atom. The number of rotatable bonds is 3. The van der Waals surface area contributed by atoms with Gasteiger partial charge in [-0.15, -0.1) is 0 Å². The third kappa shape index (κ3) is 3.56. The lowest BCUT2D eigenvalue weighted by Gasteiger charge is -2.11. The second-order valence-corrected chi connectivity index (χ2v) is 6.28. The Hall–Kier alpha value is -3.69. The Morgan fingerprint density at radius 1 is 1.00 bits per heavy atom. The molecule has 10 heteroatoms. The van der Waals surface area contributed by atoms with Gasteiger partial charge in [-0.3, -0.25) is 4.57 Å². The highest BCUT2D eigenvalue weighted by Crippen LogP contribution is 2.30. The van der Waals surface area contributed by atoms with Crippen LogP contribution in [0.1, 0.15) is 11.4 Å². The number of aromatic nitrogens is 4. The van der Waals surface area contributed by atoms with Gasteiger partial charge in [0.05, 0.1) is 11.1 Å². The number of nitrogen functional groups attached to an aromatic ring is 1. The number of nitrogens with one attached hydrogen (secondary N) is 1. The van der Waals surface area contributed by atoms with E-state index in [-0.39, 0.29) is 17.3 Å². The summed E-state index contributed by atoms with van der Waals surface area (Å²) in [7, 11) is 0. The lowest BCUT2D eigenvalue weighted by molar-refractivity contribution is -0.137. The summed E-state index contributed by atoms with van der Waals surface area (Å²) in [6, 6.07) is 10.5. The molecule has 0 unspecified atom stereocenters. The van der Waals surface area contributed by atoms with E-state index in [0.717, 1.165) is 12.1 Å². The Balaban J connectivity index is 1.72. The van der Waals surface area contributed by atoms with E-state index in [0.29, 0.717) is 22.8 Å². The number of anilines is 3. The smallest absolute Gasteiger partial charge is 0.383 e. The number of aryl methyl sites for hydroxylation is 1. The third-order valence-electron chi connectivity index (χ3n) is 4.23. The Bertz CT molecular complexity index is 1200. The van der Waals surface area contributed by atoms with Crippen molar-refractivity contribution in [1.82, 2.24) is 19.5 Å². The first-order valence-electron chi connectivity index (χ1n) is 8.45. The van der Waals surface area contributed by atoms with Crippen molar-refractivity contribution in [1.29, 1.82) is 0 Å². The van der Waals surface area contributed by atoms with Crippen LogP contribution in [0.4, 0.5) is 35.0 Å². The maximum absolute atomic E-state index is 14.0. The Kier molecular flexibility index (Phi) is 4.33. The van der Waals surface area contributed by atoms with Gasteiger partial charge in [-0.25, -0.2) is 9.37 Å². The van der Waals surface area contributed by atoms with E-state index in [1.165, 1.54) is 24.3 Å². The molecule has 0 aliphatic rings. The van der Waals surface area contributed by atoms with Crippen LogP contribution in [0.25, 0.3) is 16.9 Å². The molecule has 0 atom stereocenters. The highest BCUT2D eigenvalue weighted by molar-refractivity contribution is 5.78. The fourth-order valence-electron chi connectivity index (χ4n) is 2.97. The largest absolute Gasteiger partial charge is 0.416 e. The fraction of sp³-hybridized carbons (Fsp3) is 0.105. The zero-order valence-electron chi connectivity index (χ0n) is 15.0. The quantitative estimate of drug-likeness (QED) is 0.489. The number of para-hydroxylation sites is 1. The average molecular weight is 402 g/mol. The highest BCUT2D eigenvalue weighted by atomic mass is 19.4. The van der Waals surface area contributed by atoms with Crippen LogP contribution >= 0.6 is 0 Å². The first-order valence-corrected chi connectivity index (χ1v) is 8.45. The van der Waals surface area contributed by atoms with E-state index >= 15 is 0 Å². The summed E-state index contributed by atoms with van der Waals surface area (Å²) in [4.78, 5) is 12.6. The van der Waals surface area contributed by atoms with Gasteiger partial charge in [-0.2, -0.15) is 23.1 Å². The van der Waals surface area contributed by atoms with E-state index < -0.39 is 17.6 Å². The molecule has 0 radical (unpaired) electrons. The number of fused-ring (bicyclic) bond motifs is 1. The molecule has 2 heterocycles. The summed E-state index contributed by atoms with van der Waals surface area (Å²) >= 11 is 0. The Morgan fingerprint density at radius 3 is 2.41 bits per heavy atom. The van der Waals surface area contributed by atoms with E-state index in [2.05, 4.69) is 20.3 Å². The summed E-state index contributed by atoms with van der Waals surface area (Å²) < 4.78 is 53.8. The topological polar surface area (TPSA) is 81.7 Å². The van der Waals surface area contributed by atoms with Gasteiger partial charge >= 0.3 is 6.18 Å². The summed E-state index contributed by atoms with van der Waals surface area (Å²) in [6.45, 7) is 1.70. The highest BCUT2D eigenvalue weighted by Gasteiger charge is 2.30. The second kappa shape index (κ2) is 6.73. The van der Waals surface area contributed by atoms with Crippen molar-refractivity contribution < 1.29 is 17.6 Å². The third-order valence-corrected chi connectivity index (χ3v) is 4.23. The van der Waals surface area contributed by atoms with Crippen molar-refractivity contribution in [3.05, 3.63) is 65.7 Å². The molecule has 0 saturated carbocycles. The van der Waals surface area contributed by atoms with Gasteiger partial charge in [0.15, 0.2) is 5.82 Å². The van der Waals surface area contributed by atoms with Crippen molar-refractivity contribution >= 4 is 28.5 Å². The first kappa shape index (κ1) is 18.7. The van der Waals surface area contributed by atoms with Crippen LogP contribution < -0.4 is 11.1 Å². The summed E-state index contributed by atoms with van der Waals surface area (Å²) in [5.74, 6) is 0.579. The van der Waals surface area contributed by atoms with Crippen LogP contribution in [0.15, 0.2) is 48.5 Å². The SMILES string of the molecule is Cc1nc2c(F)cccc2n1-c1cc(N)nc(Nc2ccc(C(F)(F)F)cc2)n1. The molecule has 3 N–H and O–H groups in total. The standard InChI is InChI=1S/C19H14F4N6/c1-10-25-17-13(20)3-2-4-14(17)29(10)16-9-15(24)27-18(28-16)26-12-7-5-11(6-8-12)19(21,22)23/h2-9H,1H3,(H3,24,26,27,28). The number of hydrogen-bond acceptors (Lipinski definition) is 5. The van der Waals surface area contributed by atoms with Gasteiger partial charge in [0, 0.05) is 11.8 Å². The molecule has 2 aromatic heterocycles. The van der Waals surface area contributed by atoms with Gasteiger partial charge in [0.1, 0.15) is 23.0 Å². The predicted molar refractivity (Wildman–Crippen MR) is 100 cm³/mol. The number of nitrogens with two attached hydrogens (primary N) is 1. The number of halogens is 4. The van der Waals surface area contributed by atoms with Crippen LogP contribution in [-0.4, -0.2) is 19.5 Å². The first-order chi connectivity index (χ1) is 13.7. The molecule has 0 spiro atoms. The van der Waals surface area contributed by atoms with Gasteiger partial charge in [0.25, 0.3) is 0 Å². The lowest BCUT2D eigenvalue weighted by atomic mass is 10.2. The van der Waals surface area contributed by atoms with Gasteiger partial charge in [0.2, 0.25) is 5.95 Å². The number of nitrogens with zero attached hydrogens (tertiary/aromatic N) is 4. The normalized spacial score (nSPS) is 11.8. The lowest BCUT2D eigenvalue weighted by Crippen LogP contribution is -2.07. The van der Waals surface area contributed by atoms with Crippen LogP contribution in [0.3, 0.4) is 0 Å². The molecule has 0 aliphatic heterocycles. The van der Waals surface area contributed by atoms with E-state index in [4.69, 9.17) is 5.73 Å². The molecule has 4 aromatic rings. The fourth-order valence-corrected chi connectivity index (χ4v) is 2.97. The number of hydrogen-bond donors (Lipinski definition) is 2. The maximum Gasteiger partial charge on any atom is 0.416 e. The maximum atomic E-state index is 14.0. The molecule has 2 aromatic carbocycles. The second-order valence-electron chi connectivity index (χ2n) is 6.28. The summed E-state index contributed by atoms with van der Waals surface area (Å²) in [5, 5.41) is 2.83. The van der Waals surface area contributed by atoms with E-state index in [1.54, 1.807) is 23.6 Å². The zero-order chi connectivity index (χ0) is 20.8. The molecule has 0 fully saturated rings. The number of imidazole rings is 1. The van der Waals surface area contributed by atoms with E-state index in [9.17, 15) is 17.6 Å². The Labute approximate surface area is 162 Å². The van der Waals surface area contributed by atoms with Gasteiger partial charge in [-0.1, -0.05) is 6.07 Å². The predicted octanol–water partition coefficient (Wildman–Crippen LogP) is 4.61. The summed E-state index contributed by atoms with van der Waals surface area (Å²) in [6.07, 6.45) is -4.42. The van der Waals surface area contributed by atoms with Crippen LogP contribution in [0.5, 0.6) is 0 Å². The molecular weight excluding hydrogens is 388 g/mol. The molecule has 4 rings (SSSR count). The van der Waals surface area contributed by atoms with E-state index in [1.807, 2.05) is 0 Å². The van der Waals surface area contributed by atoms with Crippen molar-refractivity contribution in [2.45, 2.75) is 13.1 Å². The molecule has 0 aliphatic carbocycles. The van der Waals surface area contributed by atoms with Crippen molar-refractivity contribution in [2.24, 2.45) is 0 Å². The minimum atomic E-state index is -4.42. The minimum absolute atomic E-state index is 0.0809. The van der Waals surface area contributed by atoms with Crippen LogP contribution in [0, 0.1) is 12.7 Å². The number of benzene rings is 2. The molecule has 6 nitrogen and oxygen atoms in total. The van der Waals surface area contributed by atoms with Gasteiger partial charge in [-0.05, 0) is 43.3 Å². The van der Waals surface area contributed by atoms with Gasteiger partial charge < -0.3 is 11.1 Å². The average Bonchev–Trinajstić information content (AvgIpc) is 2.98. The zero-order valence-corrected chi connectivity index (χ0v) is 15.0. The van der Waals surface area contributed by atoms with Crippen molar-refractivity contribution in [2.75, 3.05) is 11.1 Å². The van der Waals surface area contributed by atoms with Crippen molar-refractivity contribution in [3.63, 3.8) is 0 Å². The van der Waals surface area contributed by atoms with Crippen molar-refractivity contribution in [3.8, 4) is 5.82 Å². The molecule has 0 saturated heterocycles. The van der Waals surface area contributed by atoms with Crippen LogP contribution in [-0.2, 0) is 6.18 Å². The summed E-state index contributed by atoms with van der Waals surface area (Å²) in [5.41, 5.74) is 6.16. The molecule has 0 bridgehead atoms. The van der Waals surface area contributed by atoms with Crippen LogP contribution in [0.2, 0.25) is 0 Å².